The number of imidazole rings is 1. The standard InChI is InChI=1S/C9H9FN2O2S/c1-6-3-4-8-11-7(2)9(12(8)5-6)15(10,13)14/h3-5H,1-2H3. The highest BCUT2D eigenvalue weighted by molar-refractivity contribution is 7.86. The van der Waals surface area contributed by atoms with Gasteiger partial charge in [0.1, 0.15) is 5.65 Å². The second-order valence-corrected chi connectivity index (χ2v) is 4.64. The Morgan fingerprint density at radius 1 is 1.33 bits per heavy atom. The SMILES string of the molecule is Cc1ccc2nc(C)c(S(=O)(=O)F)n2c1. The predicted molar refractivity (Wildman–Crippen MR) is 53.0 cm³/mol. The summed E-state index contributed by atoms with van der Waals surface area (Å²) in [7, 11) is -4.73. The molecule has 2 heterocycles. The lowest BCUT2D eigenvalue weighted by molar-refractivity contribution is 0.545. The number of aryl methyl sites for hydroxylation is 2. The Morgan fingerprint density at radius 3 is 2.60 bits per heavy atom. The molecule has 0 amide bonds. The van der Waals surface area contributed by atoms with Crippen LogP contribution in [0.15, 0.2) is 23.4 Å². The summed E-state index contributed by atoms with van der Waals surface area (Å²) in [6, 6.07) is 3.44. The lowest BCUT2D eigenvalue weighted by Crippen LogP contribution is -2.00. The van der Waals surface area contributed by atoms with Gasteiger partial charge >= 0.3 is 10.2 Å². The second-order valence-electron chi connectivity index (χ2n) is 3.37. The largest absolute Gasteiger partial charge is 0.350 e. The minimum Gasteiger partial charge on any atom is -0.288 e. The van der Waals surface area contributed by atoms with Gasteiger partial charge in [0.2, 0.25) is 0 Å². The Hall–Kier alpha value is -1.43. The van der Waals surface area contributed by atoms with Crippen LogP contribution in [0, 0.1) is 13.8 Å². The summed E-state index contributed by atoms with van der Waals surface area (Å²) in [5.74, 6) is 0. The van der Waals surface area contributed by atoms with Gasteiger partial charge in [0.25, 0.3) is 0 Å². The van der Waals surface area contributed by atoms with E-state index < -0.39 is 10.2 Å². The van der Waals surface area contributed by atoms with E-state index in [-0.39, 0.29) is 10.7 Å². The molecule has 6 heteroatoms. The quantitative estimate of drug-likeness (QED) is 0.697. The van der Waals surface area contributed by atoms with E-state index in [0.717, 1.165) is 5.56 Å². The Kier molecular flexibility index (Phi) is 2.04. The summed E-state index contributed by atoms with van der Waals surface area (Å²) in [5, 5.41) is -0.388. The smallest absolute Gasteiger partial charge is 0.288 e. The third-order valence-electron chi connectivity index (χ3n) is 2.12. The lowest BCUT2D eigenvalue weighted by Gasteiger charge is -1.98. The average Bonchev–Trinajstić information content (AvgIpc) is 2.38. The number of rotatable bonds is 1. The molecule has 4 nitrogen and oxygen atoms in total. The zero-order chi connectivity index (χ0) is 11.2. The number of nitrogens with zero attached hydrogens (tertiary/aromatic N) is 2. The van der Waals surface area contributed by atoms with E-state index in [2.05, 4.69) is 4.98 Å². The normalized spacial score (nSPS) is 12.2. The molecule has 0 atom stereocenters. The lowest BCUT2D eigenvalue weighted by atomic mass is 10.3. The molecule has 0 aliphatic heterocycles. The van der Waals surface area contributed by atoms with Crippen molar-refractivity contribution in [2.24, 2.45) is 0 Å². The first kappa shape index (κ1) is 10.1. The van der Waals surface area contributed by atoms with E-state index in [4.69, 9.17) is 0 Å². The van der Waals surface area contributed by atoms with Crippen molar-refractivity contribution in [3.05, 3.63) is 29.6 Å². The fourth-order valence-electron chi connectivity index (χ4n) is 1.54. The maximum absolute atomic E-state index is 13.0. The fraction of sp³-hybridized carbons (Fsp3) is 0.222. The molecule has 0 radical (unpaired) electrons. The highest BCUT2D eigenvalue weighted by Crippen LogP contribution is 2.19. The van der Waals surface area contributed by atoms with Crippen LogP contribution in [-0.4, -0.2) is 17.8 Å². The number of aromatic nitrogens is 2. The summed E-state index contributed by atoms with van der Waals surface area (Å²) >= 11 is 0. The van der Waals surface area contributed by atoms with Crippen LogP contribution in [0.4, 0.5) is 3.89 Å². The van der Waals surface area contributed by atoms with Crippen molar-refractivity contribution >= 4 is 15.9 Å². The van der Waals surface area contributed by atoms with E-state index in [1.165, 1.54) is 11.3 Å². The van der Waals surface area contributed by atoms with Gasteiger partial charge in [-0.3, -0.25) is 4.40 Å². The van der Waals surface area contributed by atoms with Gasteiger partial charge in [0.15, 0.2) is 5.03 Å². The molecule has 2 aromatic rings. The first-order valence-electron chi connectivity index (χ1n) is 4.29. The van der Waals surface area contributed by atoms with Crippen LogP contribution in [0.25, 0.3) is 5.65 Å². The van der Waals surface area contributed by atoms with Crippen molar-refractivity contribution in [1.29, 1.82) is 0 Å². The third-order valence-corrected chi connectivity index (χ3v) is 3.07. The minimum absolute atomic E-state index is 0.170. The molecule has 0 aliphatic rings. The molecule has 2 rings (SSSR count). The molecule has 0 saturated heterocycles. The van der Waals surface area contributed by atoms with Gasteiger partial charge in [-0.25, -0.2) is 4.98 Å². The predicted octanol–water partition coefficient (Wildman–Crippen LogP) is 1.61. The number of hydrogen-bond donors (Lipinski definition) is 0. The summed E-state index contributed by atoms with van der Waals surface area (Å²) in [6.45, 7) is 3.26. The monoisotopic (exact) mass is 228 g/mol. The number of hydrogen-bond acceptors (Lipinski definition) is 3. The molecule has 0 saturated carbocycles. The number of halogens is 1. The van der Waals surface area contributed by atoms with Gasteiger partial charge < -0.3 is 0 Å². The van der Waals surface area contributed by atoms with E-state index in [1.807, 2.05) is 0 Å². The van der Waals surface area contributed by atoms with E-state index >= 15 is 0 Å². The minimum atomic E-state index is -4.73. The van der Waals surface area contributed by atoms with Crippen LogP contribution >= 0.6 is 0 Å². The van der Waals surface area contributed by atoms with Crippen molar-refractivity contribution in [2.75, 3.05) is 0 Å². The maximum atomic E-state index is 13.0. The first-order chi connectivity index (χ1) is 6.89. The van der Waals surface area contributed by atoms with Crippen molar-refractivity contribution in [3.8, 4) is 0 Å². The molecule has 0 unspecified atom stereocenters. The maximum Gasteiger partial charge on any atom is 0.350 e. The summed E-state index contributed by atoms with van der Waals surface area (Å²) < 4.78 is 36.1. The highest BCUT2D eigenvalue weighted by atomic mass is 32.3. The van der Waals surface area contributed by atoms with Gasteiger partial charge in [-0.1, -0.05) is 9.95 Å². The van der Waals surface area contributed by atoms with Gasteiger partial charge in [0, 0.05) is 6.20 Å². The first-order valence-corrected chi connectivity index (χ1v) is 5.68. The fourth-order valence-corrected chi connectivity index (χ4v) is 2.32. The van der Waals surface area contributed by atoms with Crippen molar-refractivity contribution in [2.45, 2.75) is 18.9 Å². The average molecular weight is 228 g/mol. The zero-order valence-electron chi connectivity index (χ0n) is 8.23. The molecule has 15 heavy (non-hydrogen) atoms. The molecule has 0 aliphatic carbocycles. The van der Waals surface area contributed by atoms with Gasteiger partial charge in [-0.05, 0) is 25.5 Å². The molecular weight excluding hydrogens is 219 g/mol. The molecule has 0 fully saturated rings. The summed E-state index contributed by atoms with van der Waals surface area (Å²) in [4.78, 5) is 3.96. The van der Waals surface area contributed by atoms with E-state index in [0.29, 0.717) is 5.65 Å². The van der Waals surface area contributed by atoms with E-state index in [9.17, 15) is 12.3 Å². The Balaban J connectivity index is 2.95. The van der Waals surface area contributed by atoms with Crippen LogP contribution in [0.5, 0.6) is 0 Å². The van der Waals surface area contributed by atoms with Crippen LogP contribution in [0.3, 0.4) is 0 Å². The van der Waals surface area contributed by atoms with E-state index in [1.54, 1.807) is 25.3 Å². The Labute approximate surface area is 86.6 Å². The molecule has 0 bridgehead atoms. The van der Waals surface area contributed by atoms with Gasteiger partial charge in [-0.15, -0.1) is 0 Å². The molecule has 80 valence electrons. The van der Waals surface area contributed by atoms with Crippen LogP contribution in [0.2, 0.25) is 0 Å². The molecule has 0 spiro atoms. The Bertz CT molecular complexity index is 631. The topological polar surface area (TPSA) is 51.4 Å². The van der Waals surface area contributed by atoms with Crippen LogP contribution in [-0.2, 0) is 10.2 Å². The zero-order valence-corrected chi connectivity index (χ0v) is 9.05. The molecule has 0 N–H and O–H groups in total. The number of pyridine rings is 1. The van der Waals surface area contributed by atoms with Crippen molar-refractivity contribution in [3.63, 3.8) is 0 Å². The van der Waals surface area contributed by atoms with Crippen molar-refractivity contribution < 1.29 is 12.3 Å². The van der Waals surface area contributed by atoms with Crippen molar-refractivity contribution in [1.82, 2.24) is 9.38 Å². The van der Waals surface area contributed by atoms with Gasteiger partial charge in [-0.2, -0.15) is 8.42 Å². The third kappa shape index (κ3) is 1.61. The Morgan fingerprint density at radius 2 is 2.00 bits per heavy atom. The summed E-state index contributed by atoms with van der Waals surface area (Å²) in [6.07, 6.45) is 1.54. The molecule has 0 aromatic carbocycles. The number of fused-ring (bicyclic) bond motifs is 1. The molecule has 2 aromatic heterocycles. The van der Waals surface area contributed by atoms with Crippen LogP contribution < -0.4 is 0 Å². The van der Waals surface area contributed by atoms with Gasteiger partial charge in [0.05, 0.1) is 5.69 Å². The second kappa shape index (κ2) is 3.03. The van der Waals surface area contributed by atoms with Crippen LogP contribution in [0.1, 0.15) is 11.3 Å². The summed E-state index contributed by atoms with van der Waals surface area (Å²) in [5.41, 5.74) is 1.43. The highest BCUT2D eigenvalue weighted by Gasteiger charge is 2.21. The molecular formula is C9H9FN2O2S.